The molecule has 2 rings (SSSR count). The number of hydrogen-bond donors (Lipinski definition) is 2. The van der Waals surface area contributed by atoms with Gasteiger partial charge in [0.15, 0.2) is 0 Å². The Hall–Kier alpha value is -1.63. The summed E-state index contributed by atoms with van der Waals surface area (Å²) in [5.41, 5.74) is 0. The van der Waals surface area contributed by atoms with E-state index < -0.39 is 0 Å². The van der Waals surface area contributed by atoms with Crippen molar-refractivity contribution in [3.05, 3.63) is 0 Å². The van der Waals surface area contributed by atoms with Crippen molar-refractivity contribution in [3.63, 3.8) is 0 Å². The van der Waals surface area contributed by atoms with Crippen LogP contribution in [0.1, 0.15) is 51.9 Å². The normalized spacial score (nSPS) is 19.0. The van der Waals surface area contributed by atoms with Gasteiger partial charge in [0.25, 0.3) is 0 Å². The third-order valence-corrected chi connectivity index (χ3v) is 5.25. The second-order valence-electron chi connectivity index (χ2n) is 7.38. The van der Waals surface area contributed by atoms with Crippen LogP contribution < -0.4 is 10.6 Å². The van der Waals surface area contributed by atoms with E-state index in [0.29, 0.717) is 19.5 Å². The fourth-order valence-corrected chi connectivity index (χ4v) is 3.58. The summed E-state index contributed by atoms with van der Waals surface area (Å²) in [6, 6.07) is 0. The predicted octanol–water partition coefficient (Wildman–Crippen LogP) is 0.743. The SMILES string of the molecule is CCCCNC(=O)C1CCN(CC(=O)NCCCN2CCCC2=O)CC1. The Morgan fingerprint density at radius 2 is 1.81 bits per heavy atom. The number of piperidine rings is 1. The van der Waals surface area contributed by atoms with E-state index in [-0.39, 0.29) is 23.6 Å². The lowest BCUT2D eigenvalue weighted by Gasteiger charge is -2.30. The summed E-state index contributed by atoms with van der Waals surface area (Å²) in [7, 11) is 0. The fraction of sp³-hybridized carbons (Fsp3) is 0.842. The Morgan fingerprint density at radius 1 is 1.08 bits per heavy atom. The Morgan fingerprint density at radius 3 is 2.46 bits per heavy atom. The third kappa shape index (κ3) is 6.94. The van der Waals surface area contributed by atoms with Crippen LogP contribution in [0, 0.1) is 5.92 Å². The summed E-state index contributed by atoms with van der Waals surface area (Å²) < 4.78 is 0. The van der Waals surface area contributed by atoms with E-state index >= 15 is 0 Å². The molecule has 0 aromatic carbocycles. The van der Waals surface area contributed by atoms with Gasteiger partial charge in [0, 0.05) is 38.5 Å². The minimum absolute atomic E-state index is 0.0311. The summed E-state index contributed by atoms with van der Waals surface area (Å²) in [4.78, 5) is 39.6. The molecule has 148 valence electrons. The highest BCUT2D eigenvalue weighted by Gasteiger charge is 2.25. The van der Waals surface area contributed by atoms with Gasteiger partial charge in [-0.25, -0.2) is 0 Å². The first kappa shape index (κ1) is 20.7. The number of likely N-dealkylation sites (tertiary alicyclic amines) is 2. The van der Waals surface area contributed by atoms with Gasteiger partial charge in [0.1, 0.15) is 0 Å². The molecule has 0 bridgehead atoms. The second-order valence-corrected chi connectivity index (χ2v) is 7.38. The van der Waals surface area contributed by atoms with Gasteiger partial charge in [-0.15, -0.1) is 0 Å². The van der Waals surface area contributed by atoms with Crippen LogP contribution in [0.3, 0.4) is 0 Å². The molecule has 0 atom stereocenters. The molecule has 2 saturated heterocycles. The summed E-state index contributed by atoms with van der Waals surface area (Å²) in [6.45, 7) is 7.06. The molecule has 2 N–H and O–H groups in total. The number of carbonyl (C=O) groups excluding carboxylic acids is 3. The van der Waals surface area contributed by atoms with Crippen LogP contribution in [0.15, 0.2) is 0 Å². The molecule has 0 aromatic heterocycles. The zero-order chi connectivity index (χ0) is 18.8. The summed E-state index contributed by atoms with van der Waals surface area (Å²) in [5, 5.41) is 5.94. The van der Waals surface area contributed by atoms with Crippen LogP contribution in [-0.4, -0.2) is 73.3 Å². The van der Waals surface area contributed by atoms with E-state index in [1.54, 1.807) is 0 Å². The van der Waals surface area contributed by atoms with E-state index in [1.807, 2.05) is 4.90 Å². The average Bonchev–Trinajstić information content (AvgIpc) is 3.04. The van der Waals surface area contributed by atoms with Gasteiger partial charge < -0.3 is 15.5 Å². The van der Waals surface area contributed by atoms with Gasteiger partial charge in [-0.1, -0.05) is 13.3 Å². The highest BCUT2D eigenvalue weighted by atomic mass is 16.2. The van der Waals surface area contributed by atoms with Crippen LogP contribution in [0.2, 0.25) is 0 Å². The number of carbonyl (C=O) groups is 3. The molecule has 7 heteroatoms. The zero-order valence-electron chi connectivity index (χ0n) is 16.1. The van der Waals surface area contributed by atoms with Crippen LogP contribution in [0.5, 0.6) is 0 Å². The number of hydrogen-bond acceptors (Lipinski definition) is 4. The van der Waals surface area contributed by atoms with Crippen LogP contribution in [0.4, 0.5) is 0 Å². The molecule has 0 aromatic rings. The molecule has 0 spiro atoms. The Bertz CT molecular complexity index is 475. The molecule has 26 heavy (non-hydrogen) atoms. The number of unbranched alkanes of at least 4 members (excludes halogenated alkanes) is 1. The molecular weight excluding hydrogens is 332 g/mol. The van der Waals surface area contributed by atoms with Gasteiger partial charge in [0.2, 0.25) is 17.7 Å². The first-order valence-electron chi connectivity index (χ1n) is 10.1. The second kappa shape index (κ2) is 11.2. The molecule has 2 aliphatic heterocycles. The summed E-state index contributed by atoms with van der Waals surface area (Å²) in [5.74, 6) is 0.518. The summed E-state index contributed by atoms with van der Waals surface area (Å²) >= 11 is 0. The molecule has 2 fully saturated rings. The Balaban J connectivity index is 1.53. The van der Waals surface area contributed by atoms with E-state index in [2.05, 4.69) is 22.5 Å². The topological polar surface area (TPSA) is 81.8 Å². The maximum absolute atomic E-state index is 12.1. The smallest absolute Gasteiger partial charge is 0.234 e. The highest BCUT2D eigenvalue weighted by molar-refractivity contribution is 5.79. The van der Waals surface area contributed by atoms with Crippen molar-refractivity contribution in [1.82, 2.24) is 20.4 Å². The molecule has 2 aliphatic rings. The molecule has 0 radical (unpaired) electrons. The lowest BCUT2D eigenvalue weighted by molar-refractivity contribution is -0.128. The van der Waals surface area contributed by atoms with Gasteiger partial charge >= 0.3 is 0 Å². The van der Waals surface area contributed by atoms with Crippen molar-refractivity contribution >= 4 is 17.7 Å². The number of rotatable bonds is 10. The molecule has 7 nitrogen and oxygen atoms in total. The predicted molar refractivity (Wildman–Crippen MR) is 101 cm³/mol. The van der Waals surface area contributed by atoms with E-state index in [1.165, 1.54) is 0 Å². The first-order chi connectivity index (χ1) is 12.6. The minimum Gasteiger partial charge on any atom is -0.356 e. The Kier molecular flexibility index (Phi) is 8.88. The molecule has 0 saturated carbocycles. The van der Waals surface area contributed by atoms with Crippen molar-refractivity contribution in [2.45, 2.75) is 51.9 Å². The monoisotopic (exact) mass is 366 g/mol. The van der Waals surface area contributed by atoms with Crippen molar-refractivity contribution in [2.24, 2.45) is 5.92 Å². The minimum atomic E-state index is 0.0311. The maximum atomic E-state index is 12.1. The molecular formula is C19H34N4O3. The number of nitrogens with zero attached hydrogens (tertiary/aromatic N) is 2. The standard InChI is InChI=1S/C19H34N4O3/c1-2-3-9-21-19(26)16-7-13-22(14-8-16)15-17(24)20-10-5-12-23-11-4-6-18(23)25/h16H,2-15H2,1H3,(H,20,24)(H,21,26). The van der Waals surface area contributed by atoms with Crippen molar-refractivity contribution < 1.29 is 14.4 Å². The van der Waals surface area contributed by atoms with Gasteiger partial charge in [-0.2, -0.15) is 0 Å². The van der Waals surface area contributed by atoms with Crippen LogP contribution in [0.25, 0.3) is 0 Å². The average molecular weight is 367 g/mol. The summed E-state index contributed by atoms with van der Waals surface area (Å²) in [6.07, 6.45) is 6.18. The van der Waals surface area contributed by atoms with Crippen LogP contribution >= 0.6 is 0 Å². The number of nitrogens with one attached hydrogen (secondary N) is 2. The lowest BCUT2D eigenvalue weighted by atomic mass is 9.96. The number of amides is 3. The first-order valence-corrected chi connectivity index (χ1v) is 10.1. The Labute approximate surface area is 156 Å². The van der Waals surface area contributed by atoms with E-state index in [4.69, 9.17) is 0 Å². The zero-order valence-corrected chi connectivity index (χ0v) is 16.1. The van der Waals surface area contributed by atoms with Crippen molar-refractivity contribution in [2.75, 3.05) is 45.8 Å². The fourth-order valence-electron chi connectivity index (χ4n) is 3.58. The molecule has 0 aliphatic carbocycles. The lowest BCUT2D eigenvalue weighted by Crippen LogP contribution is -2.44. The van der Waals surface area contributed by atoms with Crippen LogP contribution in [-0.2, 0) is 14.4 Å². The van der Waals surface area contributed by atoms with E-state index in [9.17, 15) is 14.4 Å². The van der Waals surface area contributed by atoms with Gasteiger partial charge in [0.05, 0.1) is 6.54 Å². The highest BCUT2D eigenvalue weighted by Crippen LogP contribution is 2.17. The van der Waals surface area contributed by atoms with Crippen molar-refractivity contribution in [3.8, 4) is 0 Å². The van der Waals surface area contributed by atoms with Gasteiger partial charge in [-0.05, 0) is 45.2 Å². The van der Waals surface area contributed by atoms with Crippen molar-refractivity contribution in [1.29, 1.82) is 0 Å². The maximum Gasteiger partial charge on any atom is 0.234 e. The molecule has 0 unspecified atom stereocenters. The van der Waals surface area contributed by atoms with E-state index in [0.717, 1.165) is 71.2 Å². The third-order valence-electron chi connectivity index (χ3n) is 5.25. The van der Waals surface area contributed by atoms with Gasteiger partial charge in [-0.3, -0.25) is 19.3 Å². The quantitative estimate of drug-likeness (QED) is 0.559. The molecule has 3 amide bonds. The largest absolute Gasteiger partial charge is 0.356 e. The molecule has 2 heterocycles.